The van der Waals surface area contributed by atoms with Crippen LogP contribution >= 0.6 is 0 Å². The van der Waals surface area contributed by atoms with Gasteiger partial charge < -0.3 is 56.8 Å². The van der Waals surface area contributed by atoms with Crippen molar-refractivity contribution in [1.29, 1.82) is 0 Å². The highest BCUT2D eigenvalue weighted by molar-refractivity contribution is 5.79. The number of hydrogen-bond donors (Lipinski definition) is 0. The smallest absolute Gasteiger partial charge is 0.233 e. The van der Waals surface area contributed by atoms with Crippen molar-refractivity contribution < 1.29 is 61.6 Å². The average molecular weight is 917 g/mol. The lowest BCUT2D eigenvalue weighted by Crippen LogP contribution is -2.62. The third-order valence-electron chi connectivity index (χ3n) is 18.0. The van der Waals surface area contributed by atoms with Crippen molar-refractivity contribution in [1.82, 2.24) is 0 Å². The van der Waals surface area contributed by atoms with Crippen LogP contribution in [0.2, 0.25) is 0 Å². The summed E-state index contributed by atoms with van der Waals surface area (Å²) >= 11 is 0. The zero-order valence-corrected chi connectivity index (χ0v) is 39.6. The molecule has 13 heteroatoms. The Labute approximate surface area is 390 Å². The molecule has 13 rings (SSSR count). The van der Waals surface area contributed by atoms with Crippen LogP contribution in [0, 0.1) is 23.7 Å². The van der Waals surface area contributed by atoms with Gasteiger partial charge in [-0.1, -0.05) is 59.4 Å². The van der Waals surface area contributed by atoms with Gasteiger partial charge in [-0.25, -0.2) is 0 Å². The maximum absolute atomic E-state index is 14.6. The van der Waals surface area contributed by atoms with Gasteiger partial charge in [0, 0.05) is 31.2 Å². The van der Waals surface area contributed by atoms with Crippen LogP contribution in [-0.2, 0) is 56.9 Å². The van der Waals surface area contributed by atoms with Crippen molar-refractivity contribution in [3.63, 3.8) is 0 Å². The molecule has 362 valence electrons. The van der Waals surface area contributed by atoms with Gasteiger partial charge in [-0.2, -0.15) is 0 Å². The topological polar surface area (TPSA) is 128 Å². The fourth-order valence-electron chi connectivity index (χ4n) is 14.4. The molecule has 12 fully saturated rings. The second-order valence-electron chi connectivity index (χ2n) is 22.2. The Bertz CT molecular complexity index is 2010. The van der Waals surface area contributed by atoms with Gasteiger partial charge in [-0.15, -0.1) is 0 Å². The van der Waals surface area contributed by atoms with Gasteiger partial charge in [-0.3, -0.25) is 4.79 Å². The second-order valence-corrected chi connectivity index (χ2v) is 22.2. The lowest BCUT2D eigenvalue weighted by molar-refractivity contribution is -0.329. The molecule has 12 aliphatic rings. The van der Waals surface area contributed by atoms with E-state index in [2.05, 4.69) is 40.9 Å². The van der Waals surface area contributed by atoms with Crippen LogP contribution in [0.3, 0.4) is 0 Å². The molecular weight excluding hydrogens is 845 g/mol. The van der Waals surface area contributed by atoms with Gasteiger partial charge in [0.15, 0.2) is 12.4 Å². The molecule has 0 saturated carbocycles. The van der Waals surface area contributed by atoms with Crippen molar-refractivity contribution in [3.8, 4) is 5.75 Å². The highest BCUT2D eigenvalue weighted by Crippen LogP contribution is 2.64. The van der Waals surface area contributed by atoms with E-state index in [4.69, 9.17) is 56.8 Å². The number of rotatable bonds is 4. The van der Waals surface area contributed by atoms with E-state index in [1.807, 2.05) is 24.3 Å². The minimum atomic E-state index is -1.25. The maximum atomic E-state index is 14.6. The first-order valence-corrected chi connectivity index (χ1v) is 25.7. The van der Waals surface area contributed by atoms with E-state index < -0.39 is 54.5 Å². The Kier molecular flexibility index (Phi) is 11.7. The number of fused-ring (bicyclic) bond motifs is 7. The van der Waals surface area contributed by atoms with Crippen molar-refractivity contribution in [2.75, 3.05) is 7.11 Å². The number of ether oxygens (including phenoxy) is 12. The Morgan fingerprint density at radius 3 is 2.29 bits per heavy atom. The SMILES string of the molecule is C=C1C[C@@H]2CC[C@]34O[C@H]5[C@H]6O[C@H](CC[C@@H]6OC6[C@@H]5OC5(OC(c7ccc(OC)cc7)O[C@H]53)[C@H]6O4)CC(=O)CC3[C@H](CC4OC(CCC1O2)C[C@@H](C)C4=C)O[C@H]1C[C@@H](C)[C@@H](CCC)O[C@H]1[C@@H]3C. The lowest BCUT2D eigenvalue weighted by Gasteiger charge is -2.52. The summed E-state index contributed by atoms with van der Waals surface area (Å²) in [6.45, 7) is 18.2. The summed E-state index contributed by atoms with van der Waals surface area (Å²) in [5.41, 5.74) is 3.08. The Morgan fingerprint density at radius 2 is 1.47 bits per heavy atom. The first-order chi connectivity index (χ1) is 31.9. The second kappa shape index (κ2) is 17.2. The fourth-order valence-corrected chi connectivity index (χ4v) is 14.4. The third kappa shape index (κ3) is 7.46. The highest BCUT2D eigenvalue weighted by Gasteiger charge is 2.83. The minimum Gasteiger partial charge on any atom is -0.497 e. The molecule has 1 aromatic rings. The zero-order valence-electron chi connectivity index (χ0n) is 39.6. The van der Waals surface area contributed by atoms with Crippen LogP contribution in [0.5, 0.6) is 5.75 Å². The van der Waals surface area contributed by atoms with Gasteiger partial charge in [-0.05, 0) is 105 Å². The van der Waals surface area contributed by atoms with Crippen molar-refractivity contribution in [2.45, 2.75) is 233 Å². The number of ketones is 1. The van der Waals surface area contributed by atoms with Gasteiger partial charge in [0.2, 0.25) is 11.6 Å². The summed E-state index contributed by atoms with van der Waals surface area (Å²) in [4.78, 5) is 14.6. The molecule has 0 aliphatic carbocycles. The molecule has 0 radical (unpaired) electrons. The zero-order chi connectivity index (χ0) is 45.2. The fraction of sp³-hybridized carbons (Fsp3) is 0.792. The van der Waals surface area contributed by atoms with Crippen LogP contribution in [0.15, 0.2) is 48.6 Å². The van der Waals surface area contributed by atoms with Gasteiger partial charge in [0.05, 0.1) is 68.1 Å². The first-order valence-electron chi connectivity index (χ1n) is 25.7. The molecule has 13 nitrogen and oxygen atoms in total. The van der Waals surface area contributed by atoms with E-state index in [0.29, 0.717) is 50.4 Å². The summed E-state index contributed by atoms with van der Waals surface area (Å²) in [6.07, 6.45) is 5.51. The molecule has 7 unspecified atom stereocenters. The summed E-state index contributed by atoms with van der Waals surface area (Å²) in [6, 6.07) is 7.73. The molecule has 12 heterocycles. The van der Waals surface area contributed by atoms with Crippen LogP contribution in [0.1, 0.15) is 129 Å². The summed E-state index contributed by atoms with van der Waals surface area (Å²) in [7, 11) is 1.65. The Morgan fingerprint density at radius 1 is 0.682 bits per heavy atom. The van der Waals surface area contributed by atoms with Crippen molar-refractivity contribution in [2.24, 2.45) is 23.7 Å². The van der Waals surface area contributed by atoms with E-state index in [1.54, 1.807) is 7.11 Å². The normalized spacial score (nSPS) is 52.0. The standard InChI is InChI=1S/C53H72O13/c1-8-9-38-28(4)22-43-44(60-38)30(6)37-24-32(54)23-35-15-17-40-45(58-35)46-47-48(61-40)49-53(64-47)51(62-50(66-53)31-10-12-33(55-7)13-11-31)52(63-46,65-49)19-18-36-21-27(3)39(56-36)16-14-34-20-26(2)29(5)41(57-34)25-42(37)59-43/h10-13,26,28,30,34-51H,3,5,8-9,14-25H2,1-2,4,6-7H3/t26-,28-,30-,34?,35-,36+,37?,38-,39?,40+,41?,42+,43+,44+,45+,46+,47-,48?,49+,50?,51+,52-,53?/m1/s1. The number of hydrogen-bond acceptors (Lipinski definition) is 13. The highest BCUT2D eigenvalue weighted by atomic mass is 16.9. The molecule has 2 spiro atoms. The van der Waals surface area contributed by atoms with Crippen LogP contribution < -0.4 is 4.74 Å². The van der Waals surface area contributed by atoms with Crippen LogP contribution in [0.4, 0.5) is 0 Å². The predicted octanol–water partition coefficient (Wildman–Crippen LogP) is 8.00. The molecule has 0 N–H and O–H groups in total. The molecule has 66 heavy (non-hydrogen) atoms. The summed E-state index contributed by atoms with van der Waals surface area (Å²) < 4.78 is 82.8. The van der Waals surface area contributed by atoms with E-state index in [1.165, 1.54) is 0 Å². The molecule has 1 aromatic carbocycles. The number of methoxy groups -OCH3 is 1. The van der Waals surface area contributed by atoms with Crippen LogP contribution in [0.25, 0.3) is 0 Å². The average Bonchev–Trinajstić information content (AvgIpc) is 3.98. The first kappa shape index (κ1) is 44.9. The number of benzene rings is 1. The maximum Gasteiger partial charge on any atom is 0.233 e. The molecule has 12 aliphatic heterocycles. The van der Waals surface area contributed by atoms with E-state index in [9.17, 15) is 4.79 Å². The van der Waals surface area contributed by atoms with Crippen molar-refractivity contribution >= 4 is 5.78 Å². The van der Waals surface area contributed by atoms with Crippen molar-refractivity contribution in [3.05, 3.63) is 54.1 Å². The quantitative estimate of drug-likeness (QED) is 0.271. The minimum absolute atomic E-state index is 0.0196. The van der Waals surface area contributed by atoms with Crippen LogP contribution in [-0.4, -0.2) is 122 Å². The Hall–Kier alpha value is -2.27. The molecule has 12 bridgehead atoms. The van der Waals surface area contributed by atoms with E-state index >= 15 is 0 Å². The van der Waals surface area contributed by atoms with E-state index in [0.717, 1.165) is 73.8 Å². The van der Waals surface area contributed by atoms with Gasteiger partial charge in [0.25, 0.3) is 0 Å². The summed E-state index contributed by atoms with van der Waals surface area (Å²) in [5.74, 6) is -0.764. The number of Topliss-reactive ketones (excluding diaryl/α,β-unsaturated/α-hetero) is 1. The largest absolute Gasteiger partial charge is 0.497 e. The van der Waals surface area contributed by atoms with Gasteiger partial charge in [0.1, 0.15) is 42.1 Å². The summed E-state index contributed by atoms with van der Waals surface area (Å²) in [5, 5.41) is 0. The number of carbonyl (C=O) groups is 1. The molecule has 0 amide bonds. The molecule has 23 atom stereocenters. The predicted molar refractivity (Wildman–Crippen MR) is 238 cm³/mol. The number of carbonyl (C=O) groups excluding carboxylic acids is 1. The Balaban J connectivity index is 0.853. The van der Waals surface area contributed by atoms with Gasteiger partial charge >= 0.3 is 0 Å². The lowest BCUT2D eigenvalue weighted by atomic mass is 9.72. The molecule has 0 aromatic heterocycles. The third-order valence-corrected chi connectivity index (χ3v) is 18.0. The van der Waals surface area contributed by atoms with E-state index in [-0.39, 0.29) is 78.7 Å². The monoisotopic (exact) mass is 916 g/mol. The molecular formula is C53H72O13. The molecule has 12 saturated heterocycles.